The molecule has 0 fully saturated rings. The summed E-state index contributed by atoms with van der Waals surface area (Å²) in [5.41, 5.74) is 0. The van der Waals surface area contributed by atoms with Crippen LogP contribution >= 0.6 is 32.0 Å². The van der Waals surface area contributed by atoms with Gasteiger partial charge in [-0.3, -0.25) is 4.57 Å². The number of halogens is 2. The van der Waals surface area contributed by atoms with Crippen molar-refractivity contribution < 1.29 is 9.46 Å². The minimum absolute atomic E-state index is 0. The van der Waals surface area contributed by atoms with E-state index in [2.05, 4.69) is 0 Å². The first-order chi connectivity index (χ1) is 2.77. The maximum absolute atomic E-state index is 9.70. The summed E-state index contributed by atoms with van der Waals surface area (Å²) in [6, 6.07) is 0. The highest BCUT2D eigenvalue weighted by Crippen LogP contribution is 2.10. The van der Waals surface area contributed by atoms with Gasteiger partial charge in [0.25, 0.3) is 0 Å². The molecule has 46 valence electrons. The third kappa shape index (κ3) is 10.8. The van der Waals surface area contributed by atoms with Crippen LogP contribution in [0.3, 0.4) is 0 Å². The van der Waals surface area contributed by atoms with Crippen LogP contribution in [0.4, 0.5) is 0 Å². The van der Waals surface area contributed by atoms with Crippen molar-refractivity contribution in [3.8, 4) is 0 Å². The largest absolute Gasteiger partial charge is 0.346 e. The van der Waals surface area contributed by atoms with Crippen molar-refractivity contribution in [3.05, 3.63) is 0 Å². The molecular weight excluding hydrogens is 158 g/mol. The molecule has 1 N–H and O–H groups in total. The Labute approximate surface area is 54.1 Å². The molecule has 0 saturated carbocycles. The Kier molecular flexibility index (Phi) is 10.3. The number of hydrogen-bond acceptors (Lipinski definition) is 1. The summed E-state index contributed by atoms with van der Waals surface area (Å²) in [6.07, 6.45) is 0.242. The third-order valence-electron chi connectivity index (χ3n) is 0.308. The highest BCUT2D eigenvalue weighted by Gasteiger charge is 1.84. The lowest BCUT2D eigenvalue weighted by Crippen LogP contribution is -1.73. The fourth-order valence-electron chi connectivity index (χ4n) is 0.0808. The average Bonchev–Trinajstić information content (AvgIpc) is 1.35. The minimum atomic E-state index is -2.27. The molecule has 0 aliphatic heterocycles. The molecule has 0 saturated heterocycles. The van der Waals surface area contributed by atoms with E-state index in [1.807, 2.05) is 0 Å². The van der Waals surface area contributed by atoms with Crippen molar-refractivity contribution >= 4 is 32.0 Å². The van der Waals surface area contributed by atoms with Crippen molar-refractivity contribution in [1.82, 2.24) is 0 Å². The van der Waals surface area contributed by atoms with E-state index in [-0.39, 0.29) is 24.4 Å². The van der Waals surface area contributed by atoms with E-state index in [4.69, 9.17) is 16.5 Å². The first-order valence-electron chi connectivity index (χ1n) is 1.55. The smallest absolute Gasteiger partial charge is 0.190 e. The van der Waals surface area contributed by atoms with E-state index < -0.39 is 8.03 Å². The summed E-state index contributed by atoms with van der Waals surface area (Å²) >= 11 is 5.06. The van der Waals surface area contributed by atoms with Gasteiger partial charge in [0.15, 0.2) is 8.03 Å². The lowest BCUT2D eigenvalue weighted by molar-refractivity contribution is 0.504. The van der Waals surface area contributed by atoms with Crippen LogP contribution in [0, 0.1) is 0 Å². The van der Waals surface area contributed by atoms with Crippen LogP contribution in [0.15, 0.2) is 0 Å². The monoisotopic (exact) mass is 164 g/mol. The quantitative estimate of drug-likeness (QED) is 0.491. The molecule has 1 atom stereocenters. The van der Waals surface area contributed by atoms with Crippen molar-refractivity contribution in [2.24, 2.45) is 0 Å². The Balaban J connectivity index is 0. The summed E-state index contributed by atoms with van der Waals surface area (Å²) < 4.78 is 9.70. The van der Waals surface area contributed by atoms with Crippen LogP contribution in [0.1, 0.15) is 0 Å². The molecule has 2 nitrogen and oxygen atoms in total. The molecule has 0 spiro atoms. The van der Waals surface area contributed by atoms with Gasteiger partial charge < -0.3 is 4.89 Å². The second-order valence-corrected chi connectivity index (χ2v) is 2.50. The molecule has 0 heterocycles. The number of rotatable bonds is 2. The zero-order chi connectivity index (χ0) is 4.99. The highest BCUT2D eigenvalue weighted by molar-refractivity contribution is 7.38. The Hall–Kier alpha value is 0.770. The molecule has 0 aliphatic carbocycles. The SMILES string of the molecule is Cl.O=[PH](O)CCCl. The van der Waals surface area contributed by atoms with Gasteiger partial charge in [-0.15, -0.1) is 24.0 Å². The van der Waals surface area contributed by atoms with Gasteiger partial charge in [0, 0.05) is 12.0 Å². The molecule has 0 amide bonds. The molecule has 7 heavy (non-hydrogen) atoms. The molecule has 0 bridgehead atoms. The Morgan fingerprint density at radius 1 is 1.71 bits per heavy atom. The van der Waals surface area contributed by atoms with Crippen LogP contribution in [-0.4, -0.2) is 16.9 Å². The van der Waals surface area contributed by atoms with Crippen LogP contribution in [0.5, 0.6) is 0 Å². The van der Waals surface area contributed by atoms with Crippen LogP contribution in [0.2, 0.25) is 0 Å². The molecule has 0 radical (unpaired) electrons. The van der Waals surface area contributed by atoms with Gasteiger partial charge in [-0.25, -0.2) is 0 Å². The van der Waals surface area contributed by atoms with Gasteiger partial charge in [0.1, 0.15) is 0 Å². The first kappa shape index (κ1) is 10.7. The summed E-state index contributed by atoms with van der Waals surface area (Å²) in [7, 11) is -2.27. The van der Waals surface area contributed by atoms with Crippen molar-refractivity contribution in [1.29, 1.82) is 0 Å². The molecule has 0 aromatic heterocycles. The Morgan fingerprint density at radius 2 is 2.14 bits per heavy atom. The fraction of sp³-hybridized carbons (Fsp3) is 1.00. The van der Waals surface area contributed by atoms with Gasteiger partial charge in [0.05, 0.1) is 0 Å². The predicted molar refractivity (Wildman–Crippen MR) is 34.1 cm³/mol. The van der Waals surface area contributed by atoms with Crippen molar-refractivity contribution in [2.45, 2.75) is 0 Å². The summed E-state index contributed by atoms with van der Waals surface area (Å²) in [5.74, 6) is 0.286. The van der Waals surface area contributed by atoms with Gasteiger partial charge in [-0.2, -0.15) is 0 Å². The number of alkyl halides is 1. The van der Waals surface area contributed by atoms with Gasteiger partial charge >= 0.3 is 0 Å². The summed E-state index contributed by atoms with van der Waals surface area (Å²) in [5, 5.41) is 0. The summed E-state index contributed by atoms with van der Waals surface area (Å²) in [6.45, 7) is 0. The molecule has 0 aromatic rings. The Morgan fingerprint density at radius 3 is 2.14 bits per heavy atom. The molecule has 0 aliphatic rings. The molecular formula is C2H7Cl2O2P. The second-order valence-electron chi connectivity index (χ2n) is 0.833. The minimum Gasteiger partial charge on any atom is -0.346 e. The molecule has 0 rings (SSSR count). The van der Waals surface area contributed by atoms with Gasteiger partial charge in [0.2, 0.25) is 0 Å². The lowest BCUT2D eigenvalue weighted by Gasteiger charge is -1.80. The van der Waals surface area contributed by atoms with Crippen LogP contribution < -0.4 is 0 Å². The zero-order valence-electron chi connectivity index (χ0n) is 3.56. The van der Waals surface area contributed by atoms with E-state index in [9.17, 15) is 4.57 Å². The lowest BCUT2D eigenvalue weighted by atomic mass is 11.0. The highest BCUT2D eigenvalue weighted by atomic mass is 35.5. The number of hydrogen-bond donors (Lipinski definition) is 1. The predicted octanol–water partition coefficient (Wildman–Crippen LogP) is 1.11. The normalized spacial score (nSPS) is 12.3. The van der Waals surface area contributed by atoms with E-state index in [1.165, 1.54) is 0 Å². The van der Waals surface area contributed by atoms with E-state index >= 15 is 0 Å². The van der Waals surface area contributed by atoms with Gasteiger partial charge in [-0.05, 0) is 0 Å². The summed E-state index contributed by atoms with van der Waals surface area (Å²) in [4.78, 5) is 8.01. The second kappa shape index (κ2) is 6.77. The fourth-order valence-corrected chi connectivity index (χ4v) is 0.728. The zero-order valence-corrected chi connectivity index (χ0v) is 6.13. The van der Waals surface area contributed by atoms with E-state index in [1.54, 1.807) is 0 Å². The standard InChI is InChI=1S/C2H6ClO2P.ClH/c3-1-2-6(4)5;/h6H,1-2H2,(H,4,5);1H. The first-order valence-corrected chi connectivity index (χ1v) is 3.65. The topological polar surface area (TPSA) is 37.3 Å². The van der Waals surface area contributed by atoms with Crippen LogP contribution in [0.25, 0.3) is 0 Å². The van der Waals surface area contributed by atoms with E-state index in [0.29, 0.717) is 0 Å². The average molecular weight is 165 g/mol. The maximum Gasteiger partial charge on any atom is 0.190 e. The van der Waals surface area contributed by atoms with Gasteiger partial charge in [-0.1, -0.05) is 0 Å². The molecule has 1 unspecified atom stereocenters. The molecule has 0 aromatic carbocycles. The van der Waals surface area contributed by atoms with Crippen molar-refractivity contribution in [2.75, 3.05) is 12.0 Å². The third-order valence-corrected chi connectivity index (χ3v) is 1.49. The van der Waals surface area contributed by atoms with Crippen molar-refractivity contribution in [3.63, 3.8) is 0 Å². The van der Waals surface area contributed by atoms with Crippen LogP contribution in [-0.2, 0) is 4.57 Å². The van der Waals surface area contributed by atoms with E-state index in [0.717, 1.165) is 0 Å². The molecule has 5 heteroatoms. The maximum atomic E-state index is 9.70. The Bertz CT molecular complexity index is 57.7.